The number of hydrogen-bond acceptors (Lipinski definition) is 4. The van der Waals surface area contributed by atoms with Crippen LogP contribution in [0.1, 0.15) is 12.0 Å². The Morgan fingerprint density at radius 1 is 1.17 bits per heavy atom. The van der Waals surface area contributed by atoms with Crippen LogP contribution in [0.25, 0.3) is 28.0 Å². The van der Waals surface area contributed by atoms with Gasteiger partial charge in [-0.15, -0.1) is 0 Å². The first-order chi connectivity index (χ1) is 14.7. The van der Waals surface area contributed by atoms with E-state index in [1.165, 1.54) is 0 Å². The minimum atomic E-state index is 0.00540. The van der Waals surface area contributed by atoms with E-state index in [4.69, 9.17) is 9.84 Å². The van der Waals surface area contributed by atoms with Gasteiger partial charge in [-0.05, 0) is 35.9 Å². The van der Waals surface area contributed by atoms with Crippen LogP contribution < -0.4 is 9.80 Å². The van der Waals surface area contributed by atoms with E-state index in [-0.39, 0.29) is 11.7 Å². The highest BCUT2D eigenvalue weighted by atomic mass is 79.9. The first kappa shape index (κ1) is 19.3. The predicted octanol–water partition coefficient (Wildman–Crippen LogP) is 3.78. The number of quaternary nitrogens is 1. The van der Waals surface area contributed by atoms with E-state index in [0.29, 0.717) is 36.6 Å². The second-order valence-electron chi connectivity index (χ2n) is 7.35. The van der Waals surface area contributed by atoms with E-state index in [1.807, 2.05) is 36.5 Å². The molecule has 4 aromatic rings. The minimum absolute atomic E-state index is 0.00540. The van der Waals surface area contributed by atoms with Crippen molar-refractivity contribution in [3.05, 3.63) is 75.8 Å². The Morgan fingerprint density at radius 2 is 2.07 bits per heavy atom. The SMILES string of the molecule is [O-][NH+]1C(Cc2cccnc2)=Cn2c3ccc(Br)cc3c3cc(OCCCO)cc1c32. The number of fused-ring (bicyclic) bond motifs is 3. The average molecular weight is 466 g/mol. The van der Waals surface area contributed by atoms with Gasteiger partial charge >= 0.3 is 0 Å². The maximum atomic E-state index is 13.4. The molecule has 6 nitrogen and oxygen atoms in total. The van der Waals surface area contributed by atoms with Crippen LogP contribution in [0.2, 0.25) is 0 Å². The molecule has 7 heteroatoms. The van der Waals surface area contributed by atoms with Crippen molar-refractivity contribution in [2.24, 2.45) is 0 Å². The molecular formula is C23H20BrN3O3. The smallest absolute Gasteiger partial charge is 0.164 e. The Balaban J connectivity index is 1.70. The molecule has 2 aromatic heterocycles. The molecule has 30 heavy (non-hydrogen) atoms. The largest absolute Gasteiger partial charge is 0.624 e. The van der Waals surface area contributed by atoms with E-state index in [2.05, 4.69) is 37.6 Å². The molecule has 0 spiro atoms. The van der Waals surface area contributed by atoms with Crippen LogP contribution in [0, 0.1) is 5.21 Å². The number of aliphatic hydroxyl groups excluding tert-OH is 1. The Bertz CT molecular complexity index is 1270. The molecule has 5 rings (SSSR count). The summed E-state index contributed by atoms with van der Waals surface area (Å²) in [6.45, 7) is 0.467. The van der Waals surface area contributed by atoms with Gasteiger partial charge in [0.15, 0.2) is 5.69 Å². The van der Waals surface area contributed by atoms with Crippen molar-refractivity contribution in [2.45, 2.75) is 12.8 Å². The van der Waals surface area contributed by atoms with E-state index in [1.54, 1.807) is 12.4 Å². The van der Waals surface area contributed by atoms with Crippen LogP contribution in [-0.4, -0.2) is 27.9 Å². The van der Waals surface area contributed by atoms with Crippen molar-refractivity contribution in [2.75, 3.05) is 13.2 Å². The van der Waals surface area contributed by atoms with Gasteiger partial charge in [-0.3, -0.25) is 4.98 Å². The van der Waals surface area contributed by atoms with Gasteiger partial charge in [0.05, 0.1) is 24.7 Å². The number of ether oxygens (including phenoxy) is 1. The number of aliphatic hydroxyl groups is 1. The maximum absolute atomic E-state index is 13.4. The van der Waals surface area contributed by atoms with Crippen molar-refractivity contribution >= 4 is 49.6 Å². The third-order valence-corrected chi connectivity index (χ3v) is 5.84. The fourth-order valence-electron chi connectivity index (χ4n) is 4.01. The summed E-state index contributed by atoms with van der Waals surface area (Å²) in [7, 11) is 0. The number of nitrogens with one attached hydrogen (secondary N) is 1. The van der Waals surface area contributed by atoms with Gasteiger partial charge in [0.2, 0.25) is 0 Å². The van der Waals surface area contributed by atoms with Gasteiger partial charge in [0.1, 0.15) is 17.0 Å². The highest BCUT2D eigenvalue weighted by Gasteiger charge is 2.26. The third-order valence-electron chi connectivity index (χ3n) is 5.34. The standard InChI is InChI=1S/C23H20BrN3O3/c24-16-4-5-21-19(10-16)20-11-18(30-8-2-7-28)12-22-23(20)26(21)14-17(27(22)29)9-15-3-1-6-25-13-15/h1,3-6,10-14,27-28H,2,7-9H2. The van der Waals surface area contributed by atoms with Crippen molar-refractivity contribution in [3.8, 4) is 5.75 Å². The Kier molecular flexibility index (Phi) is 5.04. The first-order valence-electron chi connectivity index (χ1n) is 9.81. The van der Waals surface area contributed by atoms with E-state index >= 15 is 0 Å². The lowest BCUT2D eigenvalue weighted by molar-refractivity contribution is -0.731. The summed E-state index contributed by atoms with van der Waals surface area (Å²) in [5, 5.41) is 24.5. The molecule has 0 fully saturated rings. The molecule has 0 radical (unpaired) electrons. The molecule has 0 saturated heterocycles. The summed E-state index contributed by atoms with van der Waals surface area (Å²) < 4.78 is 8.94. The lowest BCUT2D eigenvalue weighted by Crippen LogP contribution is -3.00. The normalized spacial score (nSPS) is 15.6. The molecular weight excluding hydrogens is 446 g/mol. The van der Waals surface area contributed by atoms with Crippen molar-refractivity contribution in [1.29, 1.82) is 0 Å². The fourth-order valence-corrected chi connectivity index (χ4v) is 4.37. The molecule has 0 saturated carbocycles. The zero-order chi connectivity index (χ0) is 20.7. The second-order valence-corrected chi connectivity index (χ2v) is 8.26. The summed E-state index contributed by atoms with van der Waals surface area (Å²) >= 11 is 3.56. The zero-order valence-corrected chi connectivity index (χ0v) is 17.7. The number of pyridine rings is 1. The quantitative estimate of drug-likeness (QED) is 0.335. The Hall–Kier alpha value is -2.71. The van der Waals surface area contributed by atoms with Gasteiger partial charge in [-0.1, -0.05) is 22.0 Å². The molecule has 0 aliphatic carbocycles. The molecule has 1 aliphatic rings. The molecule has 3 heterocycles. The van der Waals surface area contributed by atoms with Gasteiger partial charge in [-0.25, -0.2) is 0 Å². The minimum Gasteiger partial charge on any atom is -0.624 e. The number of hydrogen-bond donors (Lipinski definition) is 2. The first-order valence-corrected chi connectivity index (χ1v) is 10.6. The molecule has 152 valence electrons. The van der Waals surface area contributed by atoms with E-state index in [0.717, 1.165) is 31.8 Å². The molecule has 0 bridgehead atoms. The van der Waals surface area contributed by atoms with Crippen LogP contribution in [0.4, 0.5) is 5.69 Å². The lowest BCUT2D eigenvalue weighted by Gasteiger charge is -2.29. The molecule has 2 aromatic carbocycles. The monoisotopic (exact) mass is 465 g/mol. The number of allylic oxidation sites excluding steroid dienone is 1. The molecule has 1 atom stereocenters. The van der Waals surface area contributed by atoms with Crippen molar-refractivity contribution in [1.82, 2.24) is 9.55 Å². The van der Waals surface area contributed by atoms with E-state index in [9.17, 15) is 5.21 Å². The van der Waals surface area contributed by atoms with Gasteiger partial charge < -0.3 is 24.7 Å². The van der Waals surface area contributed by atoms with Gasteiger partial charge in [0, 0.05) is 46.7 Å². The molecule has 2 N–H and O–H groups in total. The van der Waals surface area contributed by atoms with Gasteiger partial charge in [-0.2, -0.15) is 0 Å². The molecule has 1 aliphatic heterocycles. The summed E-state index contributed by atoms with van der Waals surface area (Å²) in [6.07, 6.45) is 6.53. The highest BCUT2D eigenvalue weighted by Crippen LogP contribution is 2.39. The summed E-state index contributed by atoms with van der Waals surface area (Å²) in [6, 6.07) is 13.8. The number of nitrogens with zero attached hydrogens (tertiary/aromatic N) is 2. The van der Waals surface area contributed by atoms with Crippen LogP contribution in [0.3, 0.4) is 0 Å². The van der Waals surface area contributed by atoms with Crippen LogP contribution in [0.5, 0.6) is 5.75 Å². The number of rotatable bonds is 6. The average Bonchev–Trinajstić information content (AvgIpc) is 3.06. The van der Waals surface area contributed by atoms with Crippen LogP contribution in [0.15, 0.2) is 65.0 Å². The third kappa shape index (κ3) is 3.30. The Labute approximate surface area is 181 Å². The number of hydroxylamine groups is 1. The van der Waals surface area contributed by atoms with Crippen molar-refractivity contribution < 1.29 is 14.9 Å². The van der Waals surface area contributed by atoms with Crippen LogP contribution in [-0.2, 0) is 6.42 Å². The zero-order valence-electron chi connectivity index (χ0n) is 16.1. The lowest BCUT2D eigenvalue weighted by atomic mass is 10.1. The predicted molar refractivity (Wildman–Crippen MR) is 121 cm³/mol. The summed E-state index contributed by atoms with van der Waals surface area (Å²) in [5.74, 6) is 0.640. The van der Waals surface area contributed by atoms with Crippen LogP contribution >= 0.6 is 15.9 Å². The maximum Gasteiger partial charge on any atom is 0.164 e. The fraction of sp³-hybridized carbons (Fsp3) is 0.174. The summed E-state index contributed by atoms with van der Waals surface area (Å²) in [5.41, 5.74) is 4.28. The summed E-state index contributed by atoms with van der Waals surface area (Å²) in [4.78, 5) is 4.17. The molecule has 1 unspecified atom stereocenters. The van der Waals surface area contributed by atoms with E-state index < -0.39 is 0 Å². The Morgan fingerprint density at radius 3 is 2.87 bits per heavy atom. The number of halogens is 1. The second kappa shape index (κ2) is 7.85. The van der Waals surface area contributed by atoms with Gasteiger partial charge in [0.25, 0.3) is 0 Å². The number of aromatic nitrogens is 2. The number of benzene rings is 2. The topological polar surface area (TPSA) is 74.8 Å². The van der Waals surface area contributed by atoms with Crippen molar-refractivity contribution in [3.63, 3.8) is 0 Å². The molecule has 0 amide bonds. The highest BCUT2D eigenvalue weighted by molar-refractivity contribution is 9.10.